The van der Waals surface area contributed by atoms with E-state index in [1.54, 1.807) is 13.8 Å². The Morgan fingerprint density at radius 1 is 1.45 bits per heavy atom. The third-order valence-electron chi connectivity index (χ3n) is 3.14. The summed E-state index contributed by atoms with van der Waals surface area (Å²) in [6.45, 7) is 3.34. The van der Waals surface area contributed by atoms with Crippen LogP contribution in [0.4, 0.5) is 5.69 Å². The minimum Gasteiger partial charge on any atom is -0.480 e. The summed E-state index contributed by atoms with van der Waals surface area (Å²) in [5.41, 5.74) is -0.412. The first-order valence-electron chi connectivity index (χ1n) is 6.28. The Bertz CT molecular complexity index is 691. The van der Waals surface area contributed by atoms with Crippen LogP contribution in [-0.4, -0.2) is 30.5 Å². The van der Waals surface area contributed by atoms with E-state index in [0.717, 1.165) is 12.1 Å². The van der Waals surface area contributed by atoms with Gasteiger partial charge in [-0.1, -0.05) is 36.2 Å². The Kier molecular flexibility index (Phi) is 6.03. The summed E-state index contributed by atoms with van der Waals surface area (Å²) in [6.07, 6.45) is 0.456. The summed E-state index contributed by atoms with van der Waals surface area (Å²) < 4.78 is 26.8. The second kappa shape index (κ2) is 7.16. The molecule has 0 saturated heterocycles. The number of carboxylic acids is 1. The Morgan fingerprint density at radius 2 is 2.05 bits per heavy atom. The Morgan fingerprint density at radius 3 is 2.50 bits per heavy atom. The topological polar surface area (TPSA) is 127 Å². The van der Waals surface area contributed by atoms with Crippen molar-refractivity contribution in [1.82, 2.24) is 4.72 Å². The number of halogens is 1. The summed E-state index contributed by atoms with van der Waals surface area (Å²) in [4.78, 5) is 20.9. The Hall–Kier alpha value is -1.52. The summed E-state index contributed by atoms with van der Waals surface area (Å²) in [5.74, 6) is -1.74. The predicted molar refractivity (Wildman–Crippen MR) is 82.0 cm³/mol. The largest absolute Gasteiger partial charge is 0.480 e. The number of sulfonamides is 1. The van der Waals surface area contributed by atoms with Gasteiger partial charge in [-0.2, -0.15) is 4.72 Å². The maximum Gasteiger partial charge on any atom is 0.322 e. The zero-order chi connectivity index (χ0) is 17.1. The van der Waals surface area contributed by atoms with Crippen LogP contribution in [0.25, 0.3) is 0 Å². The maximum atomic E-state index is 12.3. The van der Waals surface area contributed by atoms with Crippen molar-refractivity contribution in [2.24, 2.45) is 5.92 Å². The number of carboxylic acid groups (broad SMARTS) is 1. The van der Waals surface area contributed by atoms with Crippen molar-refractivity contribution in [3.8, 4) is 0 Å². The third-order valence-corrected chi connectivity index (χ3v) is 5.02. The molecule has 8 nitrogen and oxygen atoms in total. The molecule has 0 amide bonds. The van der Waals surface area contributed by atoms with Crippen LogP contribution in [0.2, 0.25) is 0 Å². The van der Waals surface area contributed by atoms with Crippen LogP contribution in [0.5, 0.6) is 0 Å². The number of benzene rings is 1. The van der Waals surface area contributed by atoms with E-state index in [-0.39, 0.29) is 9.37 Å². The van der Waals surface area contributed by atoms with Crippen molar-refractivity contribution in [3.63, 3.8) is 0 Å². The SMILES string of the molecule is CC[C@H](C)[C@H](NS(=O)(=O)c1cc(Br)cc([N+](=O)[O-])c1)C(=O)O. The number of rotatable bonds is 7. The van der Waals surface area contributed by atoms with Crippen molar-refractivity contribution >= 4 is 37.6 Å². The number of nitro groups is 1. The molecule has 0 heterocycles. The van der Waals surface area contributed by atoms with Crippen LogP contribution in [-0.2, 0) is 14.8 Å². The van der Waals surface area contributed by atoms with Crippen molar-refractivity contribution in [3.05, 3.63) is 32.8 Å². The monoisotopic (exact) mass is 394 g/mol. The number of carbonyl (C=O) groups is 1. The molecule has 0 unspecified atom stereocenters. The fourth-order valence-electron chi connectivity index (χ4n) is 1.69. The lowest BCUT2D eigenvalue weighted by Crippen LogP contribution is -2.44. The minimum absolute atomic E-state index is 0.206. The molecule has 10 heteroatoms. The van der Waals surface area contributed by atoms with E-state index in [4.69, 9.17) is 5.11 Å². The highest BCUT2D eigenvalue weighted by Gasteiger charge is 2.30. The smallest absolute Gasteiger partial charge is 0.322 e. The summed E-state index contributed by atoms with van der Waals surface area (Å²) in [6, 6.07) is 1.89. The molecule has 0 aliphatic rings. The third kappa shape index (κ3) is 4.49. The highest BCUT2D eigenvalue weighted by Crippen LogP contribution is 2.25. The van der Waals surface area contributed by atoms with Gasteiger partial charge in [-0.25, -0.2) is 8.42 Å². The number of nitrogens with zero attached hydrogens (tertiary/aromatic N) is 1. The number of non-ortho nitro benzene ring substituents is 1. The van der Waals surface area contributed by atoms with Gasteiger partial charge in [0.15, 0.2) is 0 Å². The molecule has 1 aromatic rings. The molecule has 0 aliphatic heterocycles. The summed E-state index contributed by atoms with van der Waals surface area (Å²) in [7, 11) is -4.20. The quantitative estimate of drug-likeness (QED) is 0.538. The first-order valence-corrected chi connectivity index (χ1v) is 8.56. The zero-order valence-electron chi connectivity index (χ0n) is 11.8. The van der Waals surface area contributed by atoms with E-state index in [1.807, 2.05) is 0 Å². The van der Waals surface area contributed by atoms with Crippen molar-refractivity contribution in [2.75, 3.05) is 0 Å². The van der Waals surface area contributed by atoms with Gasteiger partial charge >= 0.3 is 5.97 Å². The standard InChI is InChI=1S/C12H15BrN2O6S/c1-3-7(2)11(12(16)17)14-22(20,21)10-5-8(13)4-9(6-10)15(18)19/h4-7,11,14H,3H2,1-2H3,(H,16,17)/t7-,11-/m0/s1. The van der Waals surface area contributed by atoms with Gasteiger partial charge in [-0.3, -0.25) is 14.9 Å². The average molecular weight is 395 g/mol. The molecule has 0 fully saturated rings. The van der Waals surface area contributed by atoms with Gasteiger partial charge in [0.2, 0.25) is 10.0 Å². The van der Waals surface area contributed by atoms with E-state index in [2.05, 4.69) is 20.7 Å². The minimum atomic E-state index is -4.20. The fraction of sp³-hybridized carbons (Fsp3) is 0.417. The van der Waals surface area contributed by atoms with E-state index >= 15 is 0 Å². The lowest BCUT2D eigenvalue weighted by molar-refractivity contribution is -0.385. The number of hydrogen-bond donors (Lipinski definition) is 2. The van der Waals surface area contributed by atoms with Crippen LogP contribution in [0.3, 0.4) is 0 Å². The number of nitrogens with one attached hydrogen (secondary N) is 1. The highest BCUT2D eigenvalue weighted by molar-refractivity contribution is 9.10. The molecule has 1 aromatic carbocycles. The summed E-state index contributed by atoms with van der Waals surface area (Å²) >= 11 is 3.00. The molecule has 122 valence electrons. The second-order valence-electron chi connectivity index (χ2n) is 4.72. The van der Waals surface area contributed by atoms with E-state index in [1.165, 1.54) is 6.07 Å². The Labute approximate surface area is 135 Å². The number of hydrogen-bond acceptors (Lipinski definition) is 5. The first kappa shape index (κ1) is 18.5. The fourth-order valence-corrected chi connectivity index (χ4v) is 3.68. The van der Waals surface area contributed by atoms with Crippen LogP contribution in [0, 0.1) is 16.0 Å². The van der Waals surface area contributed by atoms with E-state index in [9.17, 15) is 23.3 Å². The van der Waals surface area contributed by atoms with Crippen LogP contribution in [0.1, 0.15) is 20.3 Å². The first-order chi connectivity index (χ1) is 10.1. The molecular weight excluding hydrogens is 380 g/mol. The lowest BCUT2D eigenvalue weighted by atomic mass is 10.0. The van der Waals surface area contributed by atoms with Crippen LogP contribution in [0.15, 0.2) is 27.6 Å². The Balaban J connectivity index is 3.24. The molecule has 0 bridgehead atoms. The van der Waals surface area contributed by atoms with Gasteiger partial charge in [0.1, 0.15) is 6.04 Å². The molecule has 1 rings (SSSR count). The molecule has 2 N–H and O–H groups in total. The van der Waals surface area contributed by atoms with Gasteiger partial charge in [-0.05, 0) is 12.0 Å². The van der Waals surface area contributed by atoms with Gasteiger partial charge in [-0.15, -0.1) is 0 Å². The van der Waals surface area contributed by atoms with Gasteiger partial charge in [0.25, 0.3) is 5.69 Å². The van der Waals surface area contributed by atoms with Crippen molar-refractivity contribution < 1.29 is 23.2 Å². The van der Waals surface area contributed by atoms with E-state index in [0.29, 0.717) is 6.42 Å². The van der Waals surface area contributed by atoms with Gasteiger partial charge in [0, 0.05) is 16.6 Å². The highest BCUT2D eigenvalue weighted by atomic mass is 79.9. The number of nitro benzene ring substituents is 1. The van der Waals surface area contributed by atoms with Crippen molar-refractivity contribution in [1.29, 1.82) is 0 Å². The van der Waals surface area contributed by atoms with Gasteiger partial charge < -0.3 is 5.11 Å². The van der Waals surface area contributed by atoms with Crippen LogP contribution >= 0.6 is 15.9 Å². The van der Waals surface area contributed by atoms with Crippen molar-refractivity contribution in [2.45, 2.75) is 31.2 Å². The average Bonchev–Trinajstić information content (AvgIpc) is 2.43. The molecule has 22 heavy (non-hydrogen) atoms. The molecular formula is C12H15BrN2O6S. The van der Waals surface area contributed by atoms with E-state index < -0.39 is 38.6 Å². The molecule has 0 spiro atoms. The predicted octanol–water partition coefficient (Wildman–Crippen LogP) is 2.13. The molecule has 0 aromatic heterocycles. The van der Waals surface area contributed by atoms with Crippen LogP contribution < -0.4 is 4.72 Å². The summed E-state index contributed by atoms with van der Waals surface area (Å²) in [5, 5.41) is 19.9. The molecule has 0 aliphatic carbocycles. The zero-order valence-corrected chi connectivity index (χ0v) is 14.2. The molecule has 2 atom stereocenters. The van der Waals surface area contributed by atoms with Gasteiger partial charge in [0.05, 0.1) is 9.82 Å². The normalized spacial score (nSPS) is 14.3. The molecule has 0 saturated carbocycles. The molecule has 0 radical (unpaired) electrons. The maximum absolute atomic E-state index is 12.3. The second-order valence-corrected chi connectivity index (χ2v) is 7.35. The lowest BCUT2D eigenvalue weighted by Gasteiger charge is -2.20. The number of aliphatic carboxylic acids is 1.